The Bertz CT molecular complexity index is 2720. The molecule has 0 saturated carbocycles. The Hall–Kier alpha value is -6.44. The van der Waals surface area contributed by atoms with Gasteiger partial charge in [-0.2, -0.15) is 0 Å². The highest BCUT2D eigenvalue weighted by Gasteiger charge is 2.37. The summed E-state index contributed by atoms with van der Waals surface area (Å²) in [6, 6.07) is 69.0. The number of anilines is 3. The zero-order valence-electron chi connectivity index (χ0n) is 29.3. The van der Waals surface area contributed by atoms with Gasteiger partial charge in [-0.05, 0) is 102 Å². The molecule has 52 heavy (non-hydrogen) atoms. The molecule has 10 rings (SSSR count). The Morgan fingerprint density at radius 1 is 0.308 bits per heavy atom. The van der Waals surface area contributed by atoms with Gasteiger partial charge in [0.25, 0.3) is 0 Å². The van der Waals surface area contributed by atoms with Gasteiger partial charge in [0, 0.05) is 22.2 Å². The highest BCUT2D eigenvalue weighted by atomic mass is 15.1. The summed E-state index contributed by atoms with van der Waals surface area (Å²) in [7, 11) is 0. The second-order valence-corrected chi connectivity index (χ2v) is 14.4. The van der Waals surface area contributed by atoms with Crippen LogP contribution in [-0.2, 0) is 5.41 Å². The Morgan fingerprint density at radius 3 is 1.35 bits per heavy atom. The molecular formula is C51H37N. The standard InChI is InChI=1S/C51H37N/c1-51(2)45-30-16-15-28-43(45)50-44(29-17-31-46(50)51)49-40-26-13-11-24-38(40)48(39-25-12-14-27-41(39)49)42-32-33-47(37-23-10-9-22-36(37)42)52(34-18-5-3-6-19-34)35-20-7-4-8-21-35/h3-33H,1-2H3. The van der Waals surface area contributed by atoms with E-state index in [1.54, 1.807) is 0 Å². The molecule has 1 aliphatic carbocycles. The van der Waals surface area contributed by atoms with Crippen LogP contribution in [0.4, 0.5) is 17.1 Å². The summed E-state index contributed by atoms with van der Waals surface area (Å²) < 4.78 is 0. The van der Waals surface area contributed by atoms with Crippen LogP contribution in [-0.4, -0.2) is 0 Å². The average Bonchev–Trinajstić information content (AvgIpc) is 3.44. The van der Waals surface area contributed by atoms with Crippen LogP contribution < -0.4 is 4.90 Å². The SMILES string of the molecule is CC1(C)c2ccccc2-c2c(-c3c4ccccc4c(-c4ccc(N(c5ccccc5)c5ccccc5)c5ccccc45)c4ccccc34)cccc21. The molecule has 0 saturated heterocycles. The van der Waals surface area contributed by atoms with Crippen LogP contribution in [0.3, 0.4) is 0 Å². The largest absolute Gasteiger partial charge is 0.310 e. The van der Waals surface area contributed by atoms with Gasteiger partial charge in [0.15, 0.2) is 0 Å². The quantitative estimate of drug-likeness (QED) is 0.166. The van der Waals surface area contributed by atoms with Gasteiger partial charge in [0.2, 0.25) is 0 Å². The molecule has 0 heterocycles. The van der Waals surface area contributed by atoms with Crippen molar-refractivity contribution in [3.05, 3.63) is 199 Å². The van der Waals surface area contributed by atoms with Crippen molar-refractivity contribution in [3.63, 3.8) is 0 Å². The van der Waals surface area contributed by atoms with Crippen LogP contribution in [0.5, 0.6) is 0 Å². The normalized spacial score (nSPS) is 13.0. The topological polar surface area (TPSA) is 3.24 Å². The summed E-state index contributed by atoms with van der Waals surface area (Å²) in [6.45, 7) is 4.73. The average molecular weight is 664 g/mol. The molecule has 0 bridgehead atoms. The molecule has 0 radical (unpaired) electrons. The second-order valence-electron chi connectivity index (χ2n) is 14.4. The monoisotopic (exact) mass is 663 g/mol. The van der Waals surface area contributed by atoms with E-state index in [4.69, 9.17) is 0 Å². The molecule has 0 aliphatic heterocycles. The minimum atomic E-state index is -0.0679. The van der Waals surface area contributed by atoms with E-state index >= 15 is 0 Å². The van der Waals surface area contributed by atoms with Crippen LogP contribution in [0.1, 0.15) is 25.0 Å². The third-order valence-electron chi connectivity index (χ3n) is 11.2. The molecule has 1 aliphatic rings. The van der Waals surface area contributed by atoms with Crippen molar-refractivity contribution in [1.29, 1.82) is 0 Å². The third-order valence-corrected chi connectivity index (χ3v) is 11.2. The molecule has 0 fully saturated rings. The first-order valence-corrected chi connectivity index (χ1v) is 18.2. The van der Waals surface area contributed by atoms with E-state index in [1.807, 2.05) is 0 Å². The summed E-state index contributed by atoms with van der Waals surface area (Å²) in [5.74, 6) is 0. The van der Waals surface area contributed by atoms with E-state index in [0.717, 1.165) is 17.1 Å². The number of hydrogen-bond donors (Lipinski definition) is 0. The van der Waals surface area contributed by atoms with Crippen LogP contribution in [0.25, 0.3) is 65.7 Å². The first-order valence-electron chi connectivity index (χ1n) is 18.2. The molecule has 0 atom stereocenters. The van der Waals surface area contributed by atoms with Crippen molar-refractivity contribution >= 4 is 49.4 Å². The molecule has 1 nitrogen and oxygen atoms in total. The van der Waals surface area contributed by atoms with Gasteiger partial charge < -0.3 is 4.90 Å². The smallest absolute Gasteiger partial charge is 0.0540 e. The first kappa shape index (κ1) is 30.4. The van der Waals surface area contributed by atoms with Crippen molar-refractivity contribution in [1.82, 2.24) is 0 Å². The Morgan fingerprint density at radius 2 is 0.750 bits per heavy atom. The number of benzene rings is 9. The summed E-state index contributed by atoms with van der Waals surface area (Å²) in [5.41, 5.74) is 14.0. The lowest BCUT2D eigenvalue weighted by molar-refractivity contribution is 0.660. The predicted molar refractivity (Wildman–Crippen MR) is 222 cm³/mol. The molecule has 1 heteroatoms. The molecule has 0 N–H and O–H groups in total. The van der Waals surface area contributed by atoms with Crippen molar-refractivity contribution in [3.8, 4) is 33.4 Å². The van der Waals surface area contributed by atoms with Gasteiger partial charge >= 0.3 is 0 Å². The van der Waals surface area contributed by atoms with Gasteiger partial charge in [0.1, 0.15) is 0 Å². The summed E-state index contributed by atoms with van der Waals surface area (Å²) in [6.07, 6.45) is 0. The Balaban J connectivity index is 1.27. The van der Waals surface area contributed by atoms with Crippen molar-refractivity contribution < 1.29 is 0 Å². The van der Waals surface area contributed by atoms with Crippen molar-refractivity contribution in [2.75, 3.05) is 4.90 Å². The van der Waals surface area contributed by atoms with E-state index < -0.39 is 0 Å². The maximum Gasteiger partial charge on any atom is 0.0540 e. The zero-order valence-corrected chi connectivity index (χ0v) is 29.3. The van der Waals surface area contributed by atoms with Crippen LogP contribution in [0, 0.1) is 0 Å². The van der Waals surface area contributed by atoms with Gasteiger partial charge in [-0.25, -0.2) is 0 Å². The van der Waals surface area contributed by atoms with Crippen molar-refractivity contribution in [2.45, 2.75) is 19.3 Å². The van der Waals surface area contributed by atoms with Gasteiger partial charge in [-0.1, -0.05) is 172 Å². The number of hydrogen-bond acceptors (Lipinski definition) is 1. The molecule has 0 unspecified atom stereocenters. The number of nitrogens with zero attached hydrogens (tertiary/aromatic N) is 1. The fourth-order valence-corrected chi connectivity index (χ4v) is 8.95. The minimum Gasteiger partial charge on any atom is -0.310 e. The number of fused-ring (bicyclic) bond motifs is 6. The van der Waals surface area contributed by atoms with Gasteiger partial charge in [-0.3, -0.25) is 0 Å². The van der Waals surface area contributed by atoms with Crippen molar-refractivity contribution in [2.24, 2.45) is 0 Å². The Labute approximate surface area is 305 Å². The van der Waals surface area contributed by atoms with Crippen LogP contribution >= 0.6 is 0 Å². The first-order chi connectivity index (χ1) is 25.6. The maximum absolute atomic E-state index is 2.38. The van der Waals surface area contributed by atoms with E-state index in [9.17, 15) is 0 Å². The van der Waals surface area contributed by atoms with E-state index in [-0.39, 0.29) is 5.41 Å². The van der Waals surface area contributed by atoms with E-state index in [0.29, 0.717) is 0 Å². The van der Waals surface area contributed by atoms with Gasteiger partial charge in [-0.15, -0.1) is 0 Å². The lowest BCUT2D eigenvalue weighted by Crippen LogP contribution is -2.14. The fraction of sp³-hybridized carbons (Fsp3) is 0.0588. The van der Waals surface area contributed by atoms with Gasteiger partial charge in [0.05, 0.1) is 5.69 Å². The maximum atomic E-state index is 2.38. The fourth-order valence-electron chi connectivity index (χ4n) is 8.95. The molecule has 0 amide bonds. The lowest BCUT2D eigenvalue weighted by Gasteiger charge is -2.28. The third kappa shape index (κ3) is 4.49. The number of rotatable bonds is 5. The lowest BCUT2D eigenvalue weighted by atomic mass is 9.80. The molecule has 246 valence electrons. The Kier molecular flexibility index (Phi) is 6.91. The van der Waals surface area contributed by atoms with E-state index in [2.05, 4.69) is 207 Å². The summed E-state index contributed by atoms with van der Waals surface area (Å²) in [5, 5.41) is 7.52. The molecule has 0 aromatic heterocycles. The highest BCUT2D eigenvalue weighted by Crippen LogP contribution is 2.55. The molecular weight excluding hydrogens is 627 g/mol. The predicted octanol–water partition coefficient (Wildman–Crippen LogP) is 14.3. The minimum absolute atomic E-state index is 0.0679. The molecule has 0 spiro atoms. The second kappa shape index (κ2) is 11.8. The highest BCUT2D eigenvalue weighted by molar-refractivity contribution is 6.25. The summed E-state index contributed by atoms with van der Waals surface area (Å²) >= 11 is 0. The molecule has 9 aromatic rings. The van der Waals surface area contributed by atoms with E-state index in [1.165, 1.54) is 76.8 Å². The molecule has 9 aromatic carbocycles. The number of para-hydroxylation sites is 2. The van der Waals surface area contributed by atoms with Crippen LogP contribution in [0.15, 0.2) is 188 Å². The summed E-state index contributed by atoms with van der Waals surface area (Å²) in [4.78, 5) is 2.38. The van der Waals surface area contributed by atoms with Crippen LogP contribution in [0.2, 0.25) is 0 Å². The zero-order chi connectivity index (χ0) is 34.8.